The van der Waals surface area contributed by atoms with E-state index in [1.54, 1.807) is 12.2 Å². The summed E-state index contributed by atoms with van der Waals surface area (Å²) in [6, 6.07) is 0. The van der Waals surface area contributed by atoms with Gasteiger partial charge < -0.3 is 5.73 Å². The SMILES string of the molecule is NC1=NN(O)C2=CC(Br)C=CC2=N1. The summed E-state index contributed by atoms with van der Waals surface area (Å²) in [5.41, 5.74) is 6.51. The van der Waals surface area contributed by atoms with Crippen LogP contribution >= 0.6 is 15.9 Å². The van der Waals surface area contributed by atoms with Gasteiger partial charge in [-0.2, -0.15) is 0 Å². The third kappa shape index (κ3) is 1.50. The van der Waals surface area contributed by atoms with Crippen molar-refractivity contribution < 1.29 is 5.21 Å². The number of aliphatic imine (C=N–C) groups is 1. The van der Waals surface area contributed by atoms with E-state index in [1.165, 1.54) is 0 Å². The molecule has 68 valence electrons. The number of nitrogens with zero attached hydrogens (tertiary/aromatic N) is 3. The minimum absolute atomic E-state index is 0.0484. The summed E-state index contributed by atoms with van der Waals surface area (Å²) in [6.07, 6.45) is 5.46. The smallest absolute Gasteiger partial charge is 0.241 e. The van der Waals surface area contributed by atoms with Crippen LogP contribution in [0.3, 0.4) is 0 Å². The zero-order valence-corrected chi connectivity index (χ0v) is 8.14. The van der Waals surface area contributed by atoms with E-state index in [-0.39, 0.29) is 10.8 Å². The number of hydrazone groups is 1. The molecule has 0 radical (unpaired) electrons. The molecule has 0 spiro atoms. The summed E-state index contributed by atoms with van der Waals surface area (Å²) >= 11 is 3.36. The van der Waals surface area contributed by atoms with Crippen LogP contribution in [0.5, 0.6) is 0 Å². The van der Waals surface area contributed by atoms with E-state index in [9.17, 15) is 5.21 Å². The fraction of sp³-hybridized carbons (Fsp3) is 0.143. The van der Waals surface area contributed by atoms with Crippen LogP contribution in [0.1, 0.15) is 0 Å². The average molecular weight is 243 g/mol. The second kappa shape index (κ2) is 2.97. The topological polar surface area (TPSA) is 74.2 Å². The Kier molecular flexibility index (Phi) is 1.93. The van der Waals surface area contributed by atoms with Crippen LogP contribution in [0, 0.1) is 0 Å². The number of fused-ring (bicyclic) bond motifs is 1. The predicted octanol–water partition coefficient (Wildman–Crippen LogP) is 0.579. The molecule has 2 aliphatic rings. The summed E-state index contributed by atoms with van der Waals surface area (Å²) in [7, 11) is 0. The molecule has 0 amide bonds. The fourth-order valence-corrected chi connectivity index (χ4v) is 1.52. The monoisotopic (exact) mass is 242 g/mol. The van der Waals surface area contributed by atoms with Gasteiger partial charge in [-0.1, -0.05) is 22.0 Å². The van der Waals surface area contributed by atoms with Crippen molar-refractivity contribution in [3.8, 4) is 0 Å². The van der Waals surface area contributed by atoms with Crippen molar-refractivity contribution in [3.63, 3.8) is 0 Å². The van der Waals surface area contributed by atoms with Gasteiger partial charge in [0.1, 0.15) is 5.70 Å². The molecule has 1 atom stereocenters. The lowest BCUT2D eigenvalue weighted by Gasteiger charge is -2.22. The van der Waals surface area contributed by atoms with Crippen molar-refractivity contribution in [2.75, 3.05) is 0 Å². The number of halogens is 1. The van der Waals surface area contributed by atoms with Gasteiger partial charge in [0.15, 0.2) is 0 Å². The first-order chi connectivity index (χ1) is 6.16. The van der Waals surface area contributed by atoms with Crippen LogP contribution in [-0.2, 0) is 0 Å². The Morgan fingerprint density at radius 3 is 3.15 bits per heavy atom. The lowest BCUT2D eigenvalue weighted by molar-refractivity contribution is -0.0479. The van der Waals surface area contributed by atoms with Crippen molar-refractivity contribution in [1.82, 2.24) is 5.17 Å². The molecule has 0 fully saturated rings. The van der Waals surface area contributed by atoms with Gasteiger partial charge in [-0.3, -0.25) is 5.21 Å². The normalized spacial score (nSPS) is 26.2. The van der Waals surface area contributed by atoms with Gasteiger partial charge >= 0.3 is 0 Å². The van der Waals surface area contributed by atoms with Gasteiger partial charge in [0.2, 0.25) is 5.96 Å². The van der Waals surface area contributed by atoms with E-state index < -0.39 is 0 Å². The van der Waals surface area contributed by atoms with Crippen molar-refractivity contribution in [3.05, 3.63) is 23.9 Å². The summed E-state index contributed by atoms with van der Waals surface area (Å²) in [5, 5.41) is 13.7. The van der Waals surface area contributed by atoms with Crippen LogP contribution in [0.4, 0.5) is 0 Å². The van der Waals surface area contributed by atoms with Crippen molar-refractivity contribution in [2.45, 2.75) is 4.83 Å². The molecular weight excluding hydrogens is 236 g/mol. The standard InChI is InChI=1S/C7H7BrN4O/c8-4-1-2-5-6(3-4)12(13)11-7(9)10-5/h1-4,13H,(H2,9,11). The Labute approximate surface area is 83.0 Å². The van der Waals surface area contributed by atoms with E-state index in [0.29, 0.717) is 11.4 Å². The Morgan fingerprint density at radius 1 is 1.62 bits per heavy atom. The second-order valence-electron chi connectivity index (χ2n) is 2.60. The number of guanidine groups is 1. The highest BCUT2D eigenvalue weighted by Crippen LogP contribution is 2.19. The summed E-state index contributed by atoms with van der Waals surface area (Å²) < 4.78 is 0. The molecule has 1 heterocycles. The van der Waals surface area contributed by atoms with E-state index in [1.807, 2.05) is 6.08 Å². The molecule has 0 bridgehead atoms. The number of rotatable bonds is 0. The molecule has 0 aromatic carbocycles. The number of hydrogen-bond donors (Lipinski definition) is 2. The highest BCUT2D eigenvalue weighted by atomic mass is 79.9. The molecule has 3 N–H and O–H groups in total. The van der Waals surface area contributed by atoms with Crippen LogP contribution in [-0.4, -0.2) is 26.9 Å². The molecule has 0 saturated heterocycles. The van der Waals surface area contributed by atoms with Gasteiger partial charge in [0, 0.05) is 0 Å². The molecule has 1 aliphatic carbocycles. The van der Waals surface area contributed by atoms with Gasteiger partial charge in [0.05, 0.1) is 10.5 Å². The molecule has 0 aromatic rings. The minimum Gasteiger partial charge on any atom is -0.366 e. The molecule has 6 heteroatoms. The highest BCUT2D eigenvalue weighted by molar-refractivity contribution is 9.09. The van der Waals surface area contributed by atoms with E-state index in [4.69, 9.17) is 5.73 Å². The van der Waals surface area contributed by atoms with Gasteiger partial charge in [0.25, 0.3) is 0 Å². The zero-order chi connectivity index (χ0) is 9.42. The molecular formula is C7H7BrN4O. The summed E-state index contributed by atoms with van der Waals surface area (Å²) in [4.78, 5) is 4.04. The quantitative estimate of drug-likeness (QED) is 0.611. The van der Waals surface area contributed by atoms with Gasteiger partial charge in [-0.05, 0) is 12.2 Å². The third-order valence-electron chi connectivity index (χ3n) is 1.67. The van der Waals surface area contributed by atoms with E-state index in [2.05, 4.69) is 26.0 Å². The first kappa shape index (κ1) is 8.46. The maximum Gasteiger partial charge on any atom is 0.241 e. The first-order valence-electron chi connectivity index (χ1n) is 3.63. The zero-order valence-electron chi connectivity index (χ0n) is 6.55. The Morgan fingerprint density at radius 2 is 2.38 bits per heavy atom. The third-order valence-corrected chi connectivity index (χ3v) is 2.23. The van der Waals surface area contributed by atoms with Crippen LogP contribution in [0.25, 0.3) is 0 Å². The molecule has 1 unspecified atom stereocenters. The van der Waals surface area contributed by atoms with Crippen LogP contribution in [0.15, 0.2) is 34.0 Å². The highest BCUT2D eigenvalue weighted by Gasteiger charge is 2.21. The fourth-order valence-electron chi connectivity index (χ4n) is 1.12. The maximum absolute atomic E-state index is 9.35. The van der Waals surface area contributed by atoms with Crippen LogP contribution in [0.2, 0.25) is 0 Å². The van der Waals surface area contributed by atoms with Crippen LogP contribution < -0.4 is 5.73 Å². The summed E-state index contributed by atoms with van der Waals surface area (Å²) in [5.74, 6) is 0.0484. The number of hydroxylamine groups is 1. The lowest BCUT2D eigenvalue weighted by Crippen LogP contribution is -2.30. The van der Waals surface area contributed by atoms with Crippen molar-refractivity contribution in [2.24, 2.45) is 15.8 Å². The molecule has 0 aromatic heterocycles. The Bertz CT molecular complexity index is 358. The molecule has 1 aliphatic heterocycles. The maximum atomic E-state index is 9.35. The first-order valence-corrected chi connectivity index (χ1v) is 4.54. The van der Waals surface area contributed by atoms with Crippen molar-refractivity contribution >= 4 is 27.6 Å². The molecule has 0 saturated carbocycles. The molecule has 2 rings (SSSR count). The predicted molar refractivity (Wildman–Crippen MR) is 52.6 cm³/mol. The largest absolute Gasteiger partial charge is 0.366 e. The molecule has 5 nitrogen and oxygen atoms in total. The number of allylic oxidation sites excluding steroid dienone is 3. The Balaban J connectivity index is 2.42. The van der Waals surface area contributed by atoms with E-state index >= 15 is 0 Å². The number of nitrogens with two attached hydrogens (primary N) is 1. The van der Waals surface area contributed by atoms with Gasteiger partial charge in [-0.25, -0.2) is 4.99 Å². The number of hydrogen-bond acceptors (Lipinski definition) is 5. The van der Waals surface area contributed by atoms with Gasteiger partial charge in [-0.15, -0.1) is 10.3 Å². The van der Waals surface area contributed by atoms with Crippen molar-refractivity contribution in [1.29, 1.82) is 0 Å². The average Bonchev–Trinajstić information content (AvgIpc) is 2.06. The summed E-state index contributed by atoms with van der Waals surface area (Å²) in [6.45, 7) is 0. The number of alkyl halides is 1. The Hall–Kier alpha value is -1.14. The minimum atomic E-state index is 0.0484. The molecule has 13 heavy (non-hydrogen) atoms. The van der Waals surface area contributed by atoms with E-state index in [0.717, 1.165) is 5.17 Å². The second-order valence-corrected chi connectivity index (χ2v) is 3.66. The lowest BCUT2D eigenvalue weighted by atomic mass is 10.1.